The molecule has 0 aliphatic carbocycles. The molecule has 2 bridgehead atoms. The van der Waals surface area contributed by atoms with E-state index in [1.165, 1.54) is 12.8 Å². The lowest BCUT2D eigenvalue weighted by Gasteiger charge is -2.23. The summed E-state index contributed by atoms with van der Waals surface area (Å²) in [7, 11) is 1.85. The molecule has 2 aromatic heterocycles. The summed E-state index contributed by atoms with van der Waals surface area (Å²) in [4.78, 5) is 11.5. The van der Waals surface area contributed by atoms with Crippen molar-refractivity contribution in [1.29, 1.82) is 0 Å². The topological polar surface area (TPSA) is 54.2 Å². The Morgan fingerprint density at radius 1 is 1.27 bits per heavy atom. The van der Waals surface area contributed by atoms with Crippen molar-refractivity contribution in [2.45, 2.75) is 31.6 Å². The van der Waals surface area contributed by atoms with Gasteiger partial charge in [-0.05, 0) is 25.0 Å². The molecule has 3 fully saturated rings. The van der Waals surface area contributed by atoms with Crippen LogP contribution in [0.5, 0.6) is 0 Å². The Balaban J connectivity index is 0.00000168. The predicted molar refractivity (Wildman–Crippen MR) is 112 cm³/mol. The molecule has 0 aromatic carbocycles. The van der Waals surface area contributed by atoms with Gasteiger partial charge in [0.25, 0.3) is 0 Å². The molecule has 3 aliphatic heterocycles. The molecule has 0 radical (unpaired) electrons. The summed E-state index contributed by atoms with van der Waals surface area (Å²) in [6.07, 6.45) is 7.29. The number of nitrogens with zero attached hydrogens (tertiary/aromatic N) is 4. The molecule has 4 atom stereocenters. The van der Waals surface area contributed by atoms with Gasteiger partial charge in [-0.25, -0.2) is 4.98 Å². The Morgan fingerprint density at radius 2 is 2.00 bits per heavy atom. The largest absolute Gasteiger partial charge is 0.374 e. The molecule has 26 heavy (non-hydrogen) atoms. The zero-order valence-corrected chi connectivity index (χ0v) is 17.7. The van der Waals surface area contributed by atoms with Gasteiger partial charge < -0.3 is 19.4 Å². The summed E-state index contributed by atoms with van der Waals surface area (Å²) in [6.45, 7) is 2.75. The zero-order valence-electron chi connectivity index (χ0n) is 14.6. The number of pyridine rings is 1. The van der Waals surface area contributed by atoms with Crippen molar-refractivity contribution < 1.29 is 4.74 Å². The van der Waals surface area contributed by atoms with E-state index in [1.807, 2.05) is 36.0 Å². The number of rotatable bonds is 2. The first-order chi connectivity index (χ1) is 12.2. The molecule has 3 aliphatic rings. The quantitative estimate of drug-likeness (QED) is 0.402. The fourth-order valence-electron chi connectivity index (χ4n) is 4.74. The molecule has 5 rings (SSSR count). The number of halogens is 2. The van der Waals surface area contributed by atoms with Crippen molar-refractivity contribution in [2.24, 2.45) is 16.8 Å². The number of fused-ring (bicyclic) bond motifs is 6. The number of aromatic nitrogens is 2. The lowest BCUT2D eigenvalue weighted by atomic mass is 9.82. The second kappa shape index (κ2) is 7.16. The van der Waals surface area contributed by atoms with Crippen LogP contribution in [0.4, 0.5) is 0 Å². The van der Waals surface area contributed by atoms with E-state index >= 15 is 0 Å². The standard InChI is InChI=1S/C18H22ClN5O.HI/c1-20-18(24-9-13-14(10-24)16-4-3-15(13)25-16)21-6-12-8-23-7-11(19)2-5-17(23)22-12;/h2,5,7-8,13-16H,3-4,6,9-10H2,1H3,(H,20,21);1H. The van der Waals surface area contributed by atoms with Crippen LogP contribution in [-0.2, 0) is 11.3 Å². The minimum atomic E-state index is 0. The summed E-state index contributed by atoms with van der Waals surface area (Å²) < 4.78 is 8.02. The highest BCUT2D eigenvalue weighted by atomic mass is 127. The molecule has 3 saturated heterocycles. The van der Waals surface area contributed by atoms with Crippen molar-refractivity contribution in [3.8, 4) is 0 Å². The maximum Gasteiger partial charge on any atom is 0.193 e. The minimum Gasteiger partial charge on any atom is -0.374 e. The maximum absolute atomic E-state index is 6.06. The Morgan fingerprint density at radius 3 is 2.69 bits per heavy atom. The smallest absolute Gasteiger partial charge is 0.193 e. The number of ether oxygens (including phenoxy) is 1. The van der Waals surface area contributed by atoms with Crippen molar-refractivity contribution in [2.75, 3.05) is 20.1 Å². The van der Waals surface area contributed by atoms with E-state index in [4.69, 9.17) is 16.3 Å². The average Bonchev–Trinajstić information content (AvgIpc) is 3.35. The van der Waals surface area contributed by atoms with E-state index in [0.717, 1.165) is 30.4 Å². The third-order valence-electron chi connectivity index (χ3n) is 5.86. The number of nitrogens with one attached hydrogen (secondary N) is 1. The van der Waals surface area contributed by atoms with Crippen LogP contribution in [0.1, 0.15) is 18.5 Å². The van der Waals surface area contributed by atoms with Gasteiger partial charge in [0.05, 0.1) is 29.5 Å². The van der Waals surface area contributed by atoms with Crippen LogP contribution in [0.2, 0.25) is 5.02 Å². The molecular weight excluding hydrogens is 465 g/mol. The monoisotopic (exact) mass is 487 g/mol. The number of likely N-dealkylation sites (tertiary alicyclic amines) is 1. The van der Waals surface area contributed by atoms with Crippen LogP contribution in [-0.4, -0.2) is 52.6 Å². The summed E-state index contributed by atoms with van der Waals surface area (Å²) in [5, 5.41) is 4.18. The molecule has 140 valence electrons. The summed E-state index contributed by atoms with van der Waals surface area (Å²) >= 11 is 6.04. The van der Waals surface area contributed by atoms with E-state index in [1.54, 1.807) is 0 Å². The lowest BCUT2D eigenvalue weighted by molar-refractivity contribution is 0.0767. The SMILES string of the molecule is CN=C(NCc1cn2cc(Cl)ccc2n1)N1CC2C3CCC(O3)C2C1.I. The van der Waals surface area contributed by atoms with Gasteiger partial charge >= 0.3 is 0 Å². The zero-order chi connectivity index (χ0) is 17.0. The van der Waals surface area contributed by atoms with Crippen LogP contribution in [0.3, 0.4) is 0 Å². The first kappa shape index (κ1) is 18.3. The highest BCUT2D eigenvalue weighted by Crippen LogP contribution is 2.47. The van der Waals surface area contributed by atoms with Gasteiger partial charge in [0.2, 0.25) is 0 Å². The number of hydrogen-bond donors (Lipinski definition) is 1. The van der Waals surface area contributed by atoms with Gasteiger partial charge in [-0.15, -0.1) is 24.0 Å². The van der Waals surface area contributed by atoms with Crippen molar-refractivity contribution in [1.82, 2.24) is 19.6 Å². The Hall–Kier alpha value is -1.06. The van der Waals surface area contributed by atoms with Gasteiger partial charge in [0.1, 0.15) is 5.65 Å². The van der Waals surface area contributed by atoms with Gasteiger partial charge in [0.15, 0.2) is 5.96 Å². The van der Waals surface area contributed by atoms with Crippen LogP contribution in [0.25, 0.3) is 5.65 Å². The van der Waals surface area contributed by atoms with Crippen LogP contribution in [0.15, 0.2) is 29.5 Å². The molecule has 8 heteroatoms. The predicted octanol–water partition coefficient (Wildman–Crippen LogP) is 2.79. The number of guanidine groups is 1. The van der Waals surface area contributed by atoms with Crippen LogP contribution in [0, 0.1) is 11.8 Å². The van der Waals surface area contributed by atoms with E-state index in [9.17, 15) is 0 Å². The van der Waals surface area contributed by atoms with Crippen molar-refractivity contribution in [3.63, 3.8) is 0 Å². The third-order valence-corrected chi connectivity index (χ3v) is 6.08. The average molecular weight is 488 g/mol. The Labute approximate surface area is 175 Å². The first-order valence-electron chi connectivity index (χ1n) is 8.95. The second-order valence-corrected chi connectivity index (χ2v) is 7.71. The number of imidazole rings is 1. The third kappa shape index (κ3) is 3.07. The van der Waals surface area contributed by atoms with Gasteiger partial charge in [-0.3, -0.25) is 4.99 Å². The van der Waals surface area contributed by atoms with Gasteiger partial charge in [-0.2, -0.15) is 0 Å². The first-order valence-corrected chi connectivity index (χ1v) is 9.33. The molecule has 0 amide bonds. The maximum atomic E-state index is 6.06. The molecule has 6 nitrogen and oxygen atoms in total. The molecule has 4 unspecified atom stereocenters. The number of hydrogen-bond acceptors (Lipinski definition) is 3. The highest BCUT2D eigenvalue weighted by Gasteiger charge is 2.53. The van der Waals surface area contributed by atoms with Gasteiger partial charge in [-0.1, -0.05) is 11.6 Å². The van der Waals surface area contributed by atoms with E-state index in [-0.39, 0.29) is 24.0 Å². The fourth-order valence-corrected chi connectivity index (χ4v) is 4.91. The molecule has 0 saturated carbocycles. The fraction of sp³-hybridized carbons (Fsp3) is 0.556. The van der Waals surface area contributed by atoms with E-state index in [2.05, 4.69) is 20.2 Å². The minimum absolute atomic E-state index is 0. The molecule has 0 spiro atoms. The van der Waals surface area contributed by atoms with Crippen molar-refractivity contribution in [3.05, 3.63) is 35.2 Å². The van der Waals surface area contributed by atoms with E-state index in [0.29, 0.717) is 35.6 Å². The van der Waals surface area contributed by atoms with Crippen LogP contribution < -0.4 is 5.32 Å². The summed E-state index contributed by atoms with van der Waals surface area (Å²) in [5.74, 6) is 2.31. The summed E-state index contributed by atoms with van der Waals surface area (Å²) in [6, 6.07) is 3.79. The highest BCUT2D eigenvalue weighted by molar-refractivity contribution is 14.0. The molecule has 5 heterocycles. The Kier molecular flexibility index (Phi) is 5.04. The molecule has 2 aromatic rings. The van der Waals surface area contributed by atoms with Crippen LogP contribution >= 0.6 is 35.6 Å². The van der Waals surface area contributed by atoms with Crippen molar-refractivity contribution >= 4 is 47.2 Å². The normalized spacial score (nSPS) is 29.9. The molecule has 1 N–H and O–H groups in total. The Bertz CT molecular complexity index is 822. The number of aliphatic imine (C=N–C) groups is 1. The van der Waals surface area contributed by atoms with E-state index < -0.39 is 0 Å². The molecular formula is C18H23ClIN5O. The lowest BCUT2D eigenvalue weighted by Crippen LogP contribution is -2.41. The second-order valence-electron chi connectivity index (χ2n) is 7.27. The summed E-state index contributed by atoms with van der Waals surface area (Å²) in [5.41, 5.74) is 1.88. The van der Waals surface area contributed by atoms with Gasteiger partial charge in [0, 0.05) is 44.4 Å².